The summed E-state index contributed by atoms with van der Waals surface area (Å²) in [5.74, 6) is -0.499. The van der Waals surface area contributed by atoms with E-state index in [2.05, 4.69) is 0 Å². The summed E-state index contributed by atoms with van der Waals surface area (Å²) in [7, 11) is 0. The highest BCUT2D eigenvalue weighted by Crippen LogP contribution is 1.84. The van der Waals surface area contributed by atoms with Crippen LogP contribution in [0.4, 0.5) is 0 Å². The number of rotatable bonds is 3. The molecule has 0 aliphatic carbocycles. The molecular formula is C5H11N3O. The molecule has 0 spiro atoms. The molecule has 0 atom stereocenters. The first kappa shape index (κ1) is 8.13. The van der Waals surface area contributed by atoms with Crippen LogP contribution < -0.4 is 17.2 Å². The molecular weight excluding hydrogens is 118 g/mol. The normalized spacial score (nSPS) is 8.67. The van der Waals surface area contributed by atoms with Gasteiger partial charge in [0.25, 0.3) is 0 Å². The van der Waals surface area contributed by atoms with Crippen molar-refractivity contribution in [2.45, 2.75) is 0 Å². The number of hydrogen-bond acceptors (Lipinski definition) is 3. The molecule has 0 aliphatic heterocycles. The molecule has 9 heavy (non-hydrogen) atoms. The average Bonchev–Trinajstić information content (AvgIpc) is 1.82. The number of nitrogens with two attached hydrogens (primary N) is 3. The van der Waals surface area contributed by atoms with Crippen LogP contribution in [-0.2, 0) is 4.79 Å². The predicted octanol–water partition coefficient (Wildman–Crippen LogP) is -1.68. The molecule has 0 rings (SSSR count). The predicted molar refractivity (Wildman–Crippen MR) is 35.4 cm³/mol. The van der Waals surface area contributed by atoms with Crippen molar-refractivity contribution in [3.63, 3.8) is 0 Å². The van der Waals surface area contributed by atoms with Crippen LogP contribution in [0.3, 0.4) is 0 Å². The van der Waals surface area contributed by atoms with Crippen LogP contribution in [0.25, 0.3) is 0 Å². The first-order valence-corrected chi connectivity index (χ1v) is 2.59. The van der Waals surface area contributed by atoms with E-state index < -0.39 is 5.91 Å². The van der Waals surface area contributed by atoms with E-state index in [1.54, 1.807) is 0 Å². The molecule has 0 heterocycles. The van der Waals surface area contributed by atoms with Gasteiger partial charge in [0.1, 0.15) is 0 Å². The molecule has 52 valence electrons. The van der Waals surface area contributed by atoms with Crippen LogP contribution in [0.2, 0.25) is 0 Å². The monoisotopic (exact) mass is 129 g/mol. The van der Waals surface area contributed by atoms with Gasteiger partial charge >= 0.3 is 0 Å². The quantitative estimate of drug-likeness (QED) is 0.397. The summed E-state index contributed by atoms with van der Waals surface area (Å²) in [6.07, 6.45) is 1.25. The minimum absolute atomic E-state index is 0.291. The van der Waals surface area contributed by atoms with E-state index in [0.717, 1.165) is 0 Å². The van der Waals surface area contributed by atoms with Crippen LogP contribution in [0.5, 0.6) is 0 Å². The van der Waals surface area contributed by atoms with Crippen LogP contribution >= 0.6 is 0 Å². The van der Waals surface area contributed by atoms with Gasteiger partial charge in [-0.05, 0) is 5.57 Å². The van der Waals surface area contributed by atoms with E-state index in [0.29, 0.717) is 18.7 Å². The highest BCUT2D eigenvalue weighted by molar-refractivity contribution is 5.86. The smallest absolute Gasteiger partial charge is 0.241 e. The molecule has 0 saturated heterocycles. The highest BCUT2D eigenvalue weighted by Gasteiger charge is 1.91. The first-order chi connectivity index (χ1) is 4.20. The molecule has 0 aliphatic rings. The van der Waals surface area contributed by atoms with Crippen molar-refractivity contribution in [1.29, 1.82) is 0 Å². The fraction of sp³-hybridized carbons (Fsp3) is 0.400. The first-order valence-electron chi connectivity index (χ1n) is 2.59. The maximum absolute atomic E-state index is 10.2. The molecule has 0 radical (unpaired) electrons. The standard InChI is InChI=1S/C5H11N3O/c6-2-4(3-7)1-5(8)9/h1H,2-3,6-7H2,(H2,8,9). The second-order valence-corrected chi connectivity index (χ2v) is 1.61. The zero-order chi connectivity index (χ0) is 7.28. The van der Waals surface area contributed by atoms with E-state index in [1.807, 2.05) is 0 Å². The lowest BCUT2D eigenvalue weighted by molar-refractivity contribution is -0.113. The number of amides is 1. The van der Waals surface area contributed by atoms with Gasteiger partial charge in [-0.25, -0.2) is 0 Å². The summed E-state index contributed by atoms with van der Waals surface area (Å²) in [6.45, 7) is 0.582. The Morgan fingerprint density at radius 1 is 1.33 bits per heavy atom. The zero-order valence-corrected chi connectivity index (χ0v) is 5.13. The number of hydrogen-bond donors (Lipinski definition) is 3. The molecule has 0 aromatic carbocycles. The maximum Gasteiger partial charge on any atom is 0.241 e. The Kier molecular flexibility index (Phi) is 3.66. The minimum Gasteiger partial charge on any atom is -0.366 e. The lowest BCUT2D eigenvalue weighted by Crippen LogP contribution is -2.17. The summed E-state index contributed by atoms with van der Waals surface area (Å²) >= 11 is 0. The van der Waals surface area contributed by atoms with Crippen LogP contribution in [-0.4, -0.2) is 19.0 Å². The Morgan fingerprint density at radius 3 is 1.89 bits per heavy atom. The Bertz CT molecular complexity index is 124. The largest absolute Gasteiger partial charge is 0.366 e. The van der Waals surface area contributed by atoms with Crippen molar-refractivity contribution in [3.8, 4) is 0 Å². The van der Waals surface area contributed by atoms with Crippen molar-refractivity contribution in [3.05, 3.63) is 11.6 Å². The number of carbonyl (C=O) groups excluding carboxylic acids is 1. The van der Waals surface area contributed by atoms with E-state index in [1.165, 1.54) is 6.08 Å². The molecule has 0 fully saturated rings. The Hall–Kier alpha value is -0.870. The third kappa shape index (κ3) is 3.69. The van der Waals surface area contributed by atoms with Gasteiger partial charge in [0.15, 0.2) is 0 Å². The summed E-state index contributed by atoms with van der Waals surface area (Å²) in [5, 5.41) is 0. The lowest BCUT2D eigenvalue weighted by atomic mass is 10.2. The summed E-state index contributed by atoms with van der Waals surface area (Å²) in [6, 6.07) is 0. The molecule has 0 saturated carbocycles. The average molecular weight is 129 g/mol. The maximum atomic E-state index is 10.2. The van der Waals surface area contributed by atoms with Gasteiger partial charge < -0.3 is 17.2 Å². The second kappa shape index (κ2) is 4.05. The van der Waals surface area contributed by atoms with Gasteiger partial charge in [0.2, 0.25) is 5.91 Å². The van der Waals surface area contributed by atoms with Crippen molar-refractivity contribution in [1.82, 2.24) is 0 Å². The van der Waals surface area contributed by atoms with Gasteiger partial charge in [0, 0.05) is 19.2 Å². The van der Waals surface area contributed by atoms with Gasteiger partial charge in [-0.15, -0.1) is 0 Å². The molecule has 0 bridgehead atoms. The molecule has 4 nitrogen and oxygen atoms in total. The second-order valence-electron chi connectivity index (χ2n) is 1.61. The van der Waals surface area contributed by atoms with Gasteiger partial charge in [-0.3, -0.25) is 4.79 Å². The van der Waals surface area contributed by atoms with Crippen LogP contribution in [0.15, 0.2) is 11.6 Å². The highest BCUT2D eigenvalue weighted by atomic mass is 16.1. The van der Waals surface area contributed by atoms with E-state index in [4.69, 9.17) is 17.2 Å². The van der Waals surface area contributed by atoms with Crippen molar-refractivity contribution < 1.29 is 4.79 Å². The number of carbonyl (C=O) groups is 1. The molecule has 0 unspecified atom stereocenters. The Labute approximate surface area is 53.7 Å². The lowest BCUT2D eigenvalue weighted by Gasteiger charge is -1.95. The topological polar surface area (TPSA) is 95.1 Å². The van der Waals surface area contributed by atoms with Crippen molar-refractivity contribution >= 4 is 5.91 Å². The van der Waals surface area contributed by atoms with Crippen molar-refractivity contribution in [2.24, 2.45) is 17.2 Å². The fourth-order valence-corrected chi connectivity index (χ4v) is 0.402. The van der Waals surface area contributed by atoms with E-state index in [-0.39, 0.29) is 0 Å². The fourth-order valence-electron chi connectivity index (χ4n) is 0.402. The van der Waals surface area contributed by atoms with Gasteiger partial charge in [-0.2, -0.15) is 0 Å². The molecule has 1 amide bonds. The van der Waals surface area contributed by atoms with Crippen molar-refractivity contribution in [2.75, 3.05) is 13.1 Å². The van der Waals surface area contributed by atoms with Crippen LogP contribution in [0.1, 0.15) is 0 Å². The van der Waals surface area contributed by atoms with Gasteiger partial charge in [-0.1, -0.05) is 0 Å². The SMILES string of the molecule is NCC(=CC(N)=O)CN. The third-order valence-corrected chi connectivity index (χ3v) is 0.871. The molecule has 0 aromatic heterocycles. The van der Waals surface area contributed by atoms with Crippen LogP contribution in [0, 0.1) is 0 Å². The van der Waals surface area contributed by atoms with E-state index >= 15 is 0 Å². The minimum atomic E-state index is -0.499. The molecule has 4 heteroatoms. The third-order valence-electron chi connectivity index (χ3n) is 0.871. The van der Waals surface area contributed by atoms with Gasteiger partial charge in [0.05, 0.1) is 0 Å². The summed E-state index contributed by atoms with van der Waals surface area (Å²) in [5.41, 5.74) is 15.8. The zero-order valence-electron chi connectivity index (χ0n) is 5.13. The number of primary amides is 1. The Morgan fingerprint density at radius 2 is 1.78 bits per heavy atom. The summed E-state index contributed by atoms with van der Waals surface area (Å²) < 4.78 is 0. The summed E-state index contributed by atoms with van der Waals surface area (Å²) in [4.78, 5) is 10.2. The van der Waals surface area contributed by atoms with E-state index in [9.17, 15) is 4.79 Å². The molecule has 0 aromatic rings. The Balaban J connectivity index is 3.91. The molecule has 6 N–H and O–H groups in total.